The van der Waals surface area contributed by atoms with Gasteiger partial charge >= 0.3 is 5.97 Å². The predicted molar refractivity (Wildman–Crippen MR) is 81.5 cm³/mol. The van der Waals surface area contributed by atoms with Crippen molar-refractivity contribution in [3.05, 3.63) is 28.5 Å². The molecule has 0 fully saturated rings. The van der Waals surface area contributed by atoms with E-state index < -0.39 is 5.97 Å². The minimum absolute atomic E-state index is 0.0400. The molecule has 1 unspecified atom stereocenters. The molecule has 1 rings (SSSR count). The number of hydrogen-bond acceptors (Lipinski definition) is 3. The largest absolute Gasteiger partial charge is 0.481 e. The number of carboxylic acids is 1. The van der Waals surface area contributed by atoms with Crippen molar-refractivity contribution in [1.82, 2.24) is 10.3 Å². The number of amides is 1. The van der Waals surface area contributed by atoms with Crippen LogP contribution in [0.1, 0.15) is 42.7 Å². The van der Waals surface area contributed by atoms with Crippen LogP contribution >= 0.6 is 11.6 Å². The highest BCUT2D eigenvalue weighted by Crippen LogP contribution is 2.17. The highest BCUT2D eigenvalue weighted by molar-refractivity contribution is 6.33. The van der Waals surface area contributed by atoms with E-state index in [0.29, 0.717) is 23.0 Å². The molecule has 116 valence electrons. The third-order valence-corrected chi connectivity index (χ3v) is 3.37. The van der Waals surface area contributed by atoms with Gasteiger partial charge in [-0.25, -0.2) is 0 Å². The maximum absolute atomic E-state index is 12.1. The summed E-state index contributed by atoms with van der Waals surface area (Å²) >= 11 is 6.01. The van der Waals surface area contributed by atoms with E-state index in [1.807, 2.05) is 13.8 Å². The zero-order valence-corrected chi connectivity index (χ0v) is 13.3. The number of aryl methyl sites for hydroxylation is 1. The number of carbonyl (C=O) groups excluding carboxylic acids is 1. The van der Waals surface area contributed by atoms with Crippen molar-refractivity contribution in [3.8, 4) is 0 Å². The number of nitrogens with zero attached hydrogens (tertiary/aromatic N) is 1. The van der Waals surface area contributed by atoms with Crippen molar-refractivity contribution in [2.24, 2.45) is 11.8 Å². The van der Waals surface area contributed by atoms with Crippen molar-refractivity contribution in [3.63, 3.8) is 0 Å². The van der Waals surface area contributed by atoms with Gasteiger partial charge < -0.3 is 10.4 Å². The first-order chi connectivity index (χ1) is 9.79. The Morgan fingerprint density at radius 3 is 2.62 bits per heavy atom. The van der Waals surface area contributed by atoms with Crippen molar-refractivity contribution in [2.45, 2.75) is 33.6 Å². The van der Waals surface area contributed by atoms with E-state index in [0.717, 1.165) is 12.1 Å². The van der Waals surface area contributed by atoms with Gasteiger partial charge in [-0.15, -0.1) is 0 Å². The van der Waals surface area contributed by atoms with Gasteiger partial charge in [0, 0.05) is 24.9 Å². The molecular weight excluding hydrogens is 292 g/mol. The summed E-state index contributed by atoms with van der Waals surface area (Å²) in [5.41, 5.74) is 1.04. The lowest BCUT2D eigenvalue weighted by molar-refractivity contribution is -0.138. The Balaban J connectivity index is 2.65. The second-order valence-electron chi connectivity index (χ2n) is 5.61. The predicted octanol–water partition coefficient (Wildman–Crippen LogP) is 2.91. The van der Waals surface area contributed by atoms with E-state index in [9.17, 15) is 9.59 Å². The Morgan fingerprint density at radius 2 is 2.10 bits per heavy atom. The van der Waals surface area contributed by atoms with Gasteiger partial charge in [0.25, 0.3) is 5.91 Å². The molecule has 1 aromatic rings. The number of aromatic nitrogens is 1. The Hall–Kier alpha value is -1.62. The van der Waals surface area contributed by atoms with Gasteiger partial charge in [0.2, 0.25) is 0 Å². The van der Waals surface area contributed by atoms with E-state index in [1.54, 1.807) is 13.0 Å². The fourth-order valence-corrected chi connectivity index (χ4v) is 2.47. The molecule has 0 radical (unpaired) electrons. The highest BCUT2D eigenvalue weighted by atomic mass is 35.5. The molecule has 0 aromatic carbocycles. The lowest BCUT2D eigenvalue weighted by Gasteiger charge is -2.18. The number of hydrogen-bond donors (Lipinski definition) is 2. The van der Waals surface area contributed by atoms with Crippen LogP contribution in [0.4, 0.5) is 0 Å². The zero-order chi connectivity index (χ0) is 16.0. The molecule has 1 heterocycles. The van der Waals surface area contributed by atoms with E-state index in [2.05, 4.69) is 10.3 Å². The van der Waals surface area contributed by atoms with Crippen LogP contribution in [0.25, 0.3) is 0 Å². The summed E-state index contributed by atoms with van der Waals surface area (Å²) in [6.45, 7) is 6.15. The molecule has 0 bridgehead atoms. The second kappa shape index (κ2) is 7.98. The smallest absolute Gasteiger partial charge is 0.303 e. The number of carbonyl (C=O) groups is 2. The number of rotatable bonds is 7. The third-order valence-electron chi connectivity index (χ3n) is 3.05. The first-order valence-electron chi connectivity index (χ1n) is 6.91. The summed E-state index contributed by atoms with van der Waals surface area (Å²) in [6.07, 6.45) is 2.21. The fraction of sp³-hybridized carbons (Fsp3) is 0.533. The van der Waals surface area contributed by atoms with E-state index >= 15 is 0 Å². The van der Waals surface area contributed by atoms with Crippen LogP contribution in [-0.4, -0.2) is 28.5 Å². The molecule has 2 N–H and O–H groups in total. The number of halogens is 1. The molecule has 1 atom stereocenters. The van der Waals surface area contributed by atoms with Gasteiger partial charge in [-0.05, 0) is 31.2 Å². The summed E-state index contributed by atoms with van der Waals surface area (Å²) in [4.78, 5) is 27.0. The molecule has 1 amide bonds. The number of pyridine rings is 1. The Labute approximate surface area is 129 Å². The highest BCUT2D eigenvalue weighted by Gasteiger charge is 2.17. The minimum atomic E-state index is -0.857. The molecule has 0 saturated carbocycles. The first kappa shape index (κ1) is 17.4. The maximum atomic E-state index is 12.1. The van der Waals surface area contributed by atoms with Crippen molar-refractivity contribution in [1.29, 1.82) is 0 Å². The SMILES string of the molecule is Cc1cc(Cl)c(C(=O)NCC(CC(=O)O)CC(C)C)cn1. The van der Waals surface area contributed by atoms with Crippen LogP contribution in [0, 0.1) is 18.8 Å². The molecule has 6 heteroatoms. The van der Waals surface area contributed by atoms with Crippen LogP contribution in [0.3, 0.4) is 0 Å². The van der Waals surface area contributed by atoms with E-state index in [1.165, 1.54) is 6.20 Å². The normalized spacial score (nSPS) is 12.2. The van der Waals surface area contributed by atoms with Crippen LogP contribution < -0.4 is 5.32 Å². The number of aliphatic carboxylic acids is 1. The number of nitrogens with one attached hydrogen (secondary N) is 1. The Kier molecular flexibility index (Phi) is 6.62. The van der Waals surface area contributed by atoms with Gasteiger partial charge in [0.1, 0.15) is 0 Å². The van der Waals surface area contributed by atoms with Gasteiger partial charge in [-0.2, -0.15) is 0 Å². The average Bonchev–Trinajstić information content (AvgIpc) is 2.34. The standard InChI is InChI=1S/C15H21ClN2O3/c1-9(2)4-11(6-14(19)20)7-18-15(21)12-8-17-10(3)5-13(12)16/h5,8-9,11H,4,6-7H2,1-3H3,(H,18,21)(H,19,20). The van der Waals surface area contributed by atoms with Crippen LogP contribution in [0.2, 0.25) is 5.02 Å². The quantitative estimate of drug-likeness (QED) is 0.811. The summed E-state index contributed by atoms with van der Waals surface area (Å²) in [7, 11) is 0. The average molecular weight is 313 g/mol. The second-order valence-corrected chi connectivity index (χ2v) is 6.02. The summed E-state index contributed by atoms with van der Waals surface area (Å²) in [6, 6.07) is 1.62. The van der Waals surface area contributed by atoms with Crippen molar-refractivity contribution < 1.29 is 14.7 Å². The molecule has 0 saturated heterocycles. The zero-order valence-electron chi connectivity index (χ0n) is 12.5. The molecule has 0 aliphatic rings. The van der Waals surface area contributed by atoms with Gasteiger partial charge in [0.05, 0.1) is 10.6 Å². The summed E-state index contributed by atoms with van der Waals surface area (Å²) in [5.74, 6) is -0.906. The Bertz CT molecular complexity index is 518. The maximum Gasteiger partial charge on any atom is 0.303 e. The molecule has 21 heavy (non-hydrogen) atoms. The molecule has 0 aliphatic carbocycles. The molecular formula is C15H21ClN2O3. The van der Waals surface area contributed by atoms with Gasteiger partial charge in [-0.3, -0.25) is 14.6 Å². The van der Waals surface area contributed by atoms with Crippen molar-refractivity contribution in [2.75, 3.05) is 6.54 Å². The summed E-state index contributed by atoms with van der Waals surface area (Å²) < 4.78 is 0. The van der Waals surface area contributed by atoms with Crippen molar-refractivity contribution >= 4 is 23.5 Å². The lowest BCUT2D eigenvalue weighted by atomic mass is 9.94. The monoisotopic (exact) mass is 312 g/mol. The van der Waals surface area contributed by atoms with Crippen LogP contribution in [-0.2, 0) is 4.79 Å². The van der Waals surface area contributed by atoms with Crippen LogP contribution in [0.5, 0.6) is 0 Å². The fourth-order valence-electron chi connectivity index (χ4n) is 2.18. The molecule has 0 aliphatic heterocycles. The summed E-state index contributed by atoms with van der Waals surface area (Å²) in [5, 5.41) is 12.0. The van der Waals surface area contributed by atoms with Gasteiger partial charge in [-0.1, -0.05) is 25.4 Å². The molecule has 1 aromatic heterocycles. The Morgan fingerprint density at radius 1 is 1.43 bits per heavy atom. The third kappa shape index (κ3) is 6.12. The van der Waals surface area contributed by atoms with Crippen LogP contribution in [0.15, 0.2) is 12.3 Å². The van der Waals surface area contributed by atoms with Gasteiger partial charge in [0.15, 0.2) is 0 Å². The minimum Gasteiger partial charge on any atom is -0.481 e. The molecule has 5 nitrogen and oxygen atoms in total. The van der Waals surface area contributed by atoms with E-state index in [4.69, 9.17) is 16.7 Å². The van der Waals surface area contributed by atoms with E-state index in [-0.39, 0.29) is 18.2 Å². The first-order valence-corrected chi connectivity index (χ1v) is 7.29. The number of carboxylic acid groups (broad SMARTS) is 1. The topological polar surface area (TPSA) is 79.3 Å². The lowest BCUT2D eigenvalue weighted by Crippen LogP contribution is -2.31. The molecule has 0 spiro atoms.